The quantitative estimate of drug-likeness (QED) is 0.180. The Balaban J connectivity index is 1.15. The highest BCUT2D eigenvalue weighted by Crippen LogP contribution is 2.64. The second-order valence-corrected chi connectivity index (χ2v) is 15.5. The molecule has 0 radical (unpaired) electrons. The lowest BCUT2D eigenvalue weighted by atomic mass is 9.66. The van der Waals surface area contributed by atoms with Crippen molar-refractivity contribution in [1.82, 2.24) is 9.97 Å². The fourth-order valence-corrected chi connectivity index (χ4v) is 10.2. The van der Waals surface area contributed by atoms with Gasteiger partial charge in [0.1, 0.15) is 28.3 Å². The Labute approximate surface area is 339 Å². The number of ether oxygens (including phenoxy) is 1. The zero-order valence-electron chi connectivity index (χ0n) is 31.7. The summed E-state index contributed by atoms with van der Waals surface area (Å²) in [5.74, 6) is 2.41. The van der Waals surface area contributed by atoms with Gasteiger partial charge >= 0.3 is 0 Å². The molecular weight excluding hydrogens is 721 g/mol. The predicted octanol–water partition coefficient (Wildman–Crippen LogP) is 14.2. The first kappa shape index (κ1) is 32.3. The third-order valence-corrected chi connectivity index (χ3v) is 12.6. The van der Waals surface area contributed by atoms with Crippen LogP contribution in [0.15, 0.2) is 199 Å². The molecule has 0 amide bonds. The number of fused-ring (bicyclic) bond motifs is 15. The molecule has 2 aliphatic rings. The van der Waals surface area contributed by atoms with Crippen LogP contribution >= 0.6 is 0 Å². The Bertz CT molecular complexity index is 3510. The third-order valence-electron chi connectivity index (χ3n) is 12.6. The molecule has 2 aromatic heterocycles. The highest BCUT2D eigenvalue weighted by Gasteiger charge is 2.52. The van der Waals surface area contributed by atoms with Crippen LogP contribution in [0.1, 0.15) is 22.3 Å². The number of furan rings is 1. The molecule has 0 saturated carbocycles. The van der Waals surface area contributed by atoms with Gasteiger partial charge in [0.25, 0.3) is 0 Å². The van der Waals surface area contributed by atoms with Crippen molar-refractivity contribution >= 4 is 43.6 Å². The van der Waals surface area contributed by atoms with Gasteiger partial charge < -0.3 is 9.15 Å². The number of aromatic nitrogens is 2. The maximum atomic E-state index is 6.74. The van der Waals surface area contributed by atoms with Crippen LogP contribution in [-0.2, 0) is 5.41 Å². The summed E-state index contributed by atoms with van der Waals surface area (Å²) in [6.45, 7) is 0. The van der Waals surface area contributed by atoms with Gasteiger partial charge in [0, 0.05) is 27.6 Å². The van der Waals surface area contributed by atoms with Crippen LogP contribution in [0.25, 0.3) is 88.5 Å². The van der Waals surface area contributed by atoms with Crippen molar-refractivity contribution in [2.45, 2.75) is 5.41 Å². The van der Waals surface area contributed by atoms with Crippen molar-refractivity contribution in [3.8, 4) is 56.4 Å². The molecule has 3 heterocycles. The largest absolute Gasteiger partial charge is 0.457 e. The average molecular weight is 753 g/mol. The lowest BCUT2D eigenvalue weighted by Gasteiger charge is -2.39. The SMILES string of the molecule is c1ccc2c(c1)Oc1ccccc1C21c2cccc(-c3ccccc3-c3nc(-c4cccc5ccccc45)nc4c3oc3ccccc34)c2-c2c1ccc1ccccc21. The summed E-state index contributed by atoms with van der Waals surface area (Å²) in [5.41, 5.74) is 13.8. The minimum absolute atomic E-state index is 0.618. The fraction of sp³-hybridized carbons (Fsp3) is 0.0182. The molecule has 9 aromatic carbocycles. The number of para-hydroxylation sites is 3. The summed E-state index contributed by atoms with van der Waals surface area (Å²) in [6.07, 6.45) is 0. The number of hydrogen-bond donors (Lipinski definition) is 0. The van der Waals surface area contributed by atoms with E-state index in [1.807, 2.05) is 18.2 Å². The van der Waals surface area contributed by atoms with Crippen molar-refractivity contribution in [2.75, 3.05) is 0 Å². The number of rotatable bonds is 3. The van der Waals surface area contributed by atoms with Crippen molar-refractivity contribution in [1.29, 1.82) is 0 Å². The molecule has 13 rings (SSSR count). The average Bonchev–Trinajstić information content (AvgIpc) is 3.83. The summed E-state index contributed by atoms with van der Waals surface area (Å²) >= 11 is 0. The van der Waals surface area contributed by atoms with E-state index in [9.17, 15) is 0 Å². The molecule has 4 nitrogen and oxygen atoms in total. The molecule has 0 atom stereocenters. The van der Waals surface area contributed by atoms with Gasteiger partial charge in [-0.3, -0.25) is 0 Å². The van der Waals surface area contributed by atoms with Crippen LogP contribution in [0.2, 0.25) is 0 Å². The van der Waals surface area contributed by atoms with E-state index in [1.54, 1.807) is 0 Å². The molecular formula is C55H32N2O2. The first-order chi connectivity index (χ1) is 29.3. The van der Waals surface area contributed by atoms with Crippen LogP contribution < -0.4 is 4.74 Å². The van der Waals surface area contributed by atoms with Crippen molar-refractivity contribution < 1.29 is 9.15 Å². The first-order valence-corrected chi connectivity index (χ1v) is 20.1. The Kier molecular flexibility index (Phi) is 6.62. The summed E-state index contributed by atoms with van der Waals surface area (Å²) < 4.78 is 13.4. The molecule has 1 aliphatic carbocycles. The minimum Gasteiger partial charge on any atom is -0.457 e. The molecule has 274 valence electrons. The van der Waals surface area contributed by atoms with Crippen LogP contribution in [0.3, 0.4) is 0 Å². The molecule has 59 heavy (non-hydrogen) atoms. The van der Waals surface area contributed by atoms with Crippen LogP contribution in [0.4, 0.5) is 0 Å². The maximum Gasteiger partial charge on any atom is 0.180 e. The summed E-state index contributed by atoms with van der Waals surface area (Å²) in [4.78, 5) is 10.8. The van der Waals surface area contributed by atoms with Gasteiger partial charge in [0.05, 0.1) is 5.41 Å². The smallest absolute Gasteiger partial charge is 0.180 e. The van der Waals surface area contributed by atoms with Crippen LogP contribution in [0, 0.1) is 0 Å². The second kappa shape index (κ2) is 12.1. The Morgan fingerprint density at radius 1 is 0.373 bits per heavy atom. The van der Waals surface area contributed by atoms with Gasteiger partial charge in [0.2, 0.25) is 0 Å². The lowest BCUT2D eigenvalue weighted by Crippen LogP contribution is -2.32. The van der Waals surface area contributed by atoms with Gasteiger partial charge in [-0.25, -0.2) is 9.97 Å². The Morgan fingerprint density at radius 2 is 0.932 bits per heavy atom. The van der Waals surface area contributed by atoms with E-state index in [0.717, 1.165) is 77.8 Å². The molecule has 0 saturated heterocycles. The third kappa shape index (κ3) is 4.37. The molecule has 0 N–H and O–H groups in total. The van der Waals surface area contributed by atoms with Gasteiger partial charge in [-0.15, -0.1) is 0 Å². The number of hydrogen-bond acceptors (Lipinski definition) is 4. The molecule has 1 aliphatic heterocycles. The van der Waals surface area contributed by atoms with Crippen molar-refractivity contribution in [3.63, 3.8) is 0 Å². The molecule has 11 aromatic rings. The monoisotopic (exact) mass is 752 g/mol. The van der Waals surface area contributed by atoms with Crippen LogP contribution in [0.5, 0.6) is 11.5 Å². The normalized spacial score (nSPS) is 13.4. The molecule has 0 bridgehead atoms. The Morgan fingerprint density at radius 3 is 1.75 bits per heavy atom. The second-order valence-electron chi connectivity index (χ2n) is 15.5. The summed E-state index contributed by atoms with van der Waals surface area (Å²) in [5, 5.41) is 5.63. The Hall–Kier alpha value is -7.82. The topological polar surface area (TPSA) is 48.2 Å². The van der Waals surface area contributed by atoms with Gasteiger partial charge in [-0.1, -0.05) is 170 Å². The highest BCUT2D eigenvalue weighted by molar-refractivity contribution is 6.12. The maximum absolute atomic E-state index is 6.74. The van der Waals surface area contributed by atoms with Crippen molar-refractivity contribution in [2.24, 2.45) is 0 Å². The van der Waals surface area contributed by atoms with E-state index in [0.29, 0.717) is 11.4 Å². The van der Waals surface area contributed by atoms with Gasteiger partial charge in [0.15, 0.2) is 11.4 Å². The van der Waals surface area contributed by atoms with Gasteiger partial charge in [-0.2, -0.15) is 0 Å². The summed E-state index contributed by atoms with van der Waals surface area (Å²) in [7, 11) is 0. The highest BCUT2D eigenvalue weighted by atomic mass is 16.5. The zero-order valence-corrected chi connectivity index (χ0v) is 31.7. The van der Waals surface area contributed by atoms with Gasteiger partial charge in [-0.05, 0) is 79.2 Å². The minimum atomic E-state index is -0.618. The molecule has 0 fully saturated rings. The van der Waals surface area contributed by atoms with E-state index < -0.39 is 5.41 Å². The van der Waals surface area contributed by atoms with E-state index in [-0.39, 0.29) is 0 Å². The number of benzene rings is 9. The van der Waals surface area contributed by atoms with Crippen molar-refractivity contribution in [3.05, 3.63) is 216 Å². The van der Waals surface area contributed by atoms with Crippen LogP contribution in [-0.4, -0.2) is 9.97 Å². The van der Waals surface area contributed by atoms with E-state index in [4.69, 9.17) is 19.1 Å². The molecule has 0 unspecified atom stereocenters. The van der Waals surface area contributed by atoms with E-state index in [1.165, 1.54) is 33.0 Å². The van der Waals surface area contributed by atoms with E-state index >= 15 is 0 Å². The fourth-order valence-electron chi connectivity index (χ4n) is 10.2. The lowest BCUT2D eigenvalue weighted by molar-refractivity contribution is 0.436. The number of nitrogens with zero attached hydrogens (tertiary/aromatic N) is 2. The molecule has 4 heteroatoms. The predicted molar refractivity (Wildman–Crippen MR) is 238 cm³/mol. The summed E-state index contributed by atoms with van der Waals surface area (Å²) in [6, 6.07) is 68.9. The molecule has 1 spiro atoms. The van der Waals surface area contributed by atoms with E-state index in [2.05, 4.69) is 176 Å². The first-order valence-electron chi connectivity index (χ1n) is 20.1. The standard InChI is InChI=1S/C55H32N2O2/c1-3-18-35-33(15-1)17-13-24-40(35)54-56-51(53-52(57-54)41-22-7-10-28-46(41)59-53)39-21-6-5-20-37(39)38-23-14-27-44-50(38)49-36-19-4-2-16-34(36)31-32-45(49)55(44)42-25-8-11-29-47(42)58-48-30-12-9-26-43(48)55/h1-32H. The zero-order chi connectivity index (χ0) is 38.7.